The van der Waals surface area contributed by atoms with Gasteiger partial charge < -0.3 is 0 Å². The molecule has 0 saturated carbocycles. The highest BCUT2D eigenvalue weighted by Crippen LogP contribution is 2.34. The van der Waals surface area contributed by atoms with Crippen molar-refractivity contribution in [2.24, 2.45) is 0 Å². The fourth-order valence-electron chi connectivity index (χ4n) is 2.26. The van der Waals surface area contributed by atoms with Gasteiger partial charge in [0.25, 0.3) is 0 Å². The molecular formula is C16H17Br. The monoisotopic (exact) mass is 288 g/mol. The van der Waals surface area contributed by atoms with E-state index in [9.17, 15) is 0 Å². The molecule has 0 saturated heterocycles. The van der Waals surface area contributed by atoms with E-state index >= 15 is 0 Å². The van der Waals surface area contributed by atoms with E-state index in [1.54, 1.807) is 0 Å². The Balaban J connectivity index is 2.51. The van der Waals surface area contributed by atoms with Crippen molar-refractivity contribution >= 4 is 15.9 Å². The predicted molar refractivity (Wildman–Crippen MR) is 77.6 cm³/mol. The van der Waals surface area contributed by atoms with Crippen molar-refractivity contribution in [3.8, 4) is 0 Å². The summed E-state index contributed by atoms with van der Waals surface area (Å²) < 4.78 is 0. The SMILES string of the molecule is CC(C)(c1ccccc1)c1ccccc1CBr. The molecule has 2 aromatic carbocycles. The molecule has 0 spiro atoms. The van der Waals surface area contributed by atoms with Crippen LogP contribution in [0.5, 0.6) is 0 Å². The van der Waals surface area contributed by atoms with Gasteiger partial charge in [0.15, 0.2) is 0 Å². The molecule has 0 heterocycles. The van der Waals surface area contributed by atoms with Gasteiger partial charge in [0, 0.05) is 10.7 Å². The van der Waals surface area contributed by atoms with E-state index in [0.29, 0.717) is 0 Å². The van der Waals surface area contributed by atoms with Crippen molar-refractivity contribution in [1.29, 1.82) is 0 Å². The summed E-state index contributed by atoms with van der Waals surface area (Å²) in [5.74, 6) is 0. The topological polar surface area (TPSA) is 0 Å². The van der Waals surface area contributed by atoms with E-state index in [2.05, 4.69) is 84.4 Å². The number of hydrogen-bond donors (Lipinski definition) is 0. The van der Waals surface area contributed by atoms with Crippen LogP contribution in [0.3, 0.4) is 0 Å². The van der Waals surface area contributed by atoms with Gasteiger partial charge in [-0.3, -0.25) is 0 Å². The van der Waals surface area contributed by atoms with Gasteiger partial charge in [0.1, 0.15) is 0 Å². The summed E-state index contributed by atoms with van der Waals surface area (Å²) >= 11 is 3.57. The quantitative estimate of drug-likeness (QED) is 0.704. The zero-order chi connectivity index (χ0) is 12.3. The zero-order valence-electron chi connectivity index (χ0n) is 10.3. The van der Waals surface area contributed by atoms with Crippen molar-refractivity contribution in [2.75, 3.05) is 0 Å². The van der Waals surface area contributed by atoms with Crippen LogP contribution in [0.2, 0.25) is 0 Å². The van der Waals surface area contributed by atoms with Crippen LogP contribution in [0.15, 0.2) is 54.6 Å². The maximum absolute atomic E-state index is 3.57. The van der Waals surface area contributed by atoms with Gasteiger partial charge in [-0.15, -0.1) is 0 Å². The molecule has 0 atom stereocenters. The molecule has 0 radical (unpaired) electrons. The Hall–Kier alpha value is -1.08. The van der Waals surface area contributed by atoms with Crippen molar-refractivity contribution in [2.45, 2.75) is 24.6 Å². The molecule has 0 aromatic heterocycles. The van der Waals surface area contributed by atoms with Gasteiger partial charge in [-0.2, -0.15) is 0 Å². The highest BCUT2D eigenvalue weighted by Gasteiger charge is 2.24. The van der Waals surface area contributed by atoms with Crippen LogP contribution in [0.1, 0.15) is 30.5 Å². The highest BCUT2D eigenvalue weighted by molar-refractivity contribution is 9.08. The Morgan fingerprint density at radius 2 is 1.47 bits per heavy atom. The Bertz CT molecular complexity index is 486. The molecule has 0 aliphatic rings. The minimum Gasteiger partial charge on any atom is -0.0876 e. The van der Waals surface area contributed by atoms with E-state index in [1.165, 1.54) is 16.7 Å². The standard InChI is InChI=1S/C16H17Br/c1-16(2,14-9-4-3-5-10-14)15-11-7-6-8-13(15)12-17/h3-11H,12H2,1-2H3. The first-order valence-corrected chi connectivity index (χ1v) is 6.98. The predicted octanol–water partition coefficient (Wildman–Crippen LogP) is 4.91. The lowest BCUT2D eigenvalue weighted by molar-refractivity contribution is 0.635. The molecule has 0 unspecified atom stereocenters. The van der Waals surface area contributed by atoms with Crippen molar-refractivity contribution in [3.05, 3.63) is 71.3 Å². The van der Waals surface area contributed by atoms with Crippen LogP contribution < -0.4 is 0 Å². The summed E-state index contributed by atoms with van der Waals surface area (Å²) in [7, 11) is 0. The zero-order valence-corrected chi connectivity index (χ0v) is 11.9. The molecule has 2 aromatic rings. The summed E-state index contributed by atoms with van der Waals surface area (Å²) in [5, 5.41) is 0.902. The molecule has 0 aliphatic heterocycles. The molecule has 2 rings (SSSR count). The lowest BCUT2D eigenvalue weighted by Crippen LogP contribution is -2.20. The lowest BCUT2D eigenvalue weighted by Gasteiger charge is -2.28. The first kappa shape index (κ1) is 12.4. The van der Waals surface area contributed by atoms with Gasteiger partial charge >= 0.3 is 0 Å². The molecule has 0 bridgehead atoms. The maximum Gasteiger partial charge on any atom is 0.0286 e. The summed E-state index contributed by atoms with van der Waals surface area (Å²) in [5.41, 5.74) is 4.16. The molecule has 0 nitrogen and oxygen atoms in total. The van der Waals surface area contributed by atoms with Gasteiger partial charge in [-0.1, -0.05) is 84.4 Å². The van der Waals surface area contributed by atoms with Gasteiger partial charge in [0.2, 0.25) is 0 Å². The molecule has 0 N–H and O–H groups in total. The second kappa shape index (κ2) is 5.05. The number of rotatable bonds is 3. The maximum atomic E-state index is 3.57. The van der Waals surface area contributed by atoms with Crippen LogP contribution in [0.4, 0.5) is 0 Å². The Morgan fingerprint density at radius 1 is 0.882 bits per heavy atom. The minimum absolute atomic E-state index is 0.0472. The Morgan fingerprint density at radius 3 is 2.12 bits per heavy atom. The van der Waals surface area contributed by atoms with E-state index in [4.69, 9.17) is 0 Å². The third-order valence-electron chi connectivity index (χ3n) is 3.33. The molecule has 0 amide bonds. The number of benzene rings is 2. The third kappa shape index (κ3) is 2.44. The molecular weight excluding hydrogens is 272 g/mol. The summed E-state index contributed by atoms with van der Waals surface area (Å²) in [4.78, 5) is 0. The largest absolute Gasteiger partial charge is 0.0876 e. The summed E-state index contributed by atoms with van der Waals surface area (Å²) in [6, 6.07) is 19.3. The first-order valence-electron chi connectivity index (χ1n) is 5.86. The number of halogens is 1. The normalized spacial score (nSPS) is 11.5. The Kier molecular flexibility index (Phi) is 3.68. The van der Waals surface area contributed by atoms with E-state index in [1.807, 2.05) is 0 Å². The van der Waals surface area contributed by atoms with Crippen LogP contribution >= 0.6 is 15.9 Å². The number of hydrogen-bond acceptors (Lipinski definition) is 0. The fraction of sp³-hybridized carbons (Fsp3) is 0.250. The second-order valence-corrected chi connectivity index (χ2v) is 5.34. The third-order valence-corrected chi connectivity index (χ3v) is 3.93. The average molecular weight is 289 g/mol. The second-order valence-electron chi connectivity index (χ2n) is 4.78. The van der Waals surface area contributed by atoms with E-state index < -0.39 is 0 Å². The Labute approximate surface area is 112 Å². The summed E-state index contributed by atoms with van der Waals surface area (Å²) in [6.45, 7) is 4.56. The van der Waals surface area contributed by atoms with E-state index in [-0.39, 0.29) is 5.41 Å². The van der Waals surface area contributed by atoms with Crippen molar-refractivity contribution in [3.63, 3.8) is 0 Å². The van der Waals surface area contributed by atoms with Crippen LogP contribution in [-0.4, -0.2) is 0 Å². The molecule has 17 heavy (non-hydrogen) atoms. The van der Waals surface area contributed by atoms with Gasteiger partial charge in [0.05, 0.1) is 0 Å². The first-order chi connectivity index (χ1) is 8.16. The fourth-order valence-corrected chi connectivity index (χ4v) is 2.75. The minimum atomic E-state index is 0.0472. The van der Waals surface area contributed by atoms with Crippen LogP contribution in [0, 0.1) is 0 Å². The van der Waals surface area contributed by atoms with Crippen LogP contribution in [0.25, 0.3) is 0 Å². The van der Waals surface area contributed by atoms with Crippen molar-refractivity contribution in [1.82, 2.24) is 0 Å². The number of alkyl halides is 1. The molecule has 0 aliphatic carbocycles. The van der Waals surface area contributed by atoms with Gasteiger partial charge in [-0.25, -0.2) is 0 Å². The van der Waals surface area contributed by atoms with E-state index in [0.717, 1.165) is 5.33 Å². The average Bonchev–Trinajstić information content (AvgIpc) is 2.39. The van der Waals surface area contributed by atoms with Gasteiger partial charge in [-0.05, 0) is 16.7 Å². The molecule has 88 valence electrons. The van der Waals surface area contributed by atoms with Crippen LogP contribution in [-0.2, 0) is 10.7 Å². The van der Waals surface area contributed by atoms with Crippen molar-refractivity contribution < 1.29 is 0 Å². The smallest absolute Gasteiger partial charge is 0.0286 e. The lowest BCUT2D eigenvalue weighted by atomic mass is 9.76. The highest BCUT2D eigenvalue weighted by atomic mass is 79.9. The molecule has 0 fully saturated rings. The summed E-state index contributed by atoms with van der Waals surface area (Å²) in [6.07, 6.45) is 0. The molecule has 1 heteroatoms.